The van der Waals surface area contributed by atoms with Gasteiger partial charge in [-0.25, -0.2) is 8.42 Å². The first-order valence-electron chi connectivity index (χ1n) is 7.39. The highest BCUT2D eigenvalue weighted by molar-refractivity contribution is 8.12. The van der Waals surface area contributed by atoms with Gasteiger partial charge in [-0.1, -0.05) is 23.7 Å². The third kappa shape index (κ3) is 4.23. The second-order valence-electron chi connectivity index (χ2n) is 5.59. The van der Waals surface area contributed by atoms with Crippen molar-refractivity contribution >= 4 is 50.3 Å². The predicted molar refractivity (Wildman–Crippen MR) is 103 cm³/mol. The van der Waals surface area contributed by atoms with Crippen molar-refractivity contribution in [1.82, 2.24) is 0 Å². The van der Waals surface area contributed by atoms with Crippen LogP contribution in [0.15, 0.2) is 52.4 Å². The molecule has 0 bridgehead atoms. The van der Waals surface area contributed by atoms with E-state index in [9.17, 15) is 13.2 Å². The zero-order valence-electron chi connectivity index (χ0n) is 13.3. The van der Waals surface area contributed by atoms with Crippen LogP contribution in [-0.4, -0.2) is 31.9 Å². The van der Waals surface area contributed by atoms with E-state index in [0.29, 0.717) is 5.69 Å². The molecule has 1 aliphatic rings. The molecule has 130 valence electrons. The molecule has 2 aromatic rings. The van der Waals surface area contributed by atoms with E-state index in [1.165, 1.54) is 18.2 Å². The zero-order chi connectivity index (χ0) is 18.0. The Kier molecular flexibility index (Phi) is 5.17. The second-order valence-corrected chi connectivity index (χ2v) is 8.89. The third-order valence-electron chi connectivity index (χ3n) is 3.74. The largest absolute Gasteiger partial charge is 0.322 e. The van der Waals surface area contributed by atoms with Crippen LogP contribution in [0.4, 0.5) is 5.69 Å². The number of benzene rings is 2. The number of carbonyl (C=O) groups excluding carboxylic acids is 1. The molecule has 0 aromatic heterocycles. The molecule has 1 aliphatic heterocycles. The minimum Gasteiger partial charge on any atom is -0.322 e. The number of nitrogens with zero attached hydrogens (tertiary/aromatic N) is 1. The van der Waals surface area contributed by atoms with Crippen LogP contribution in [0.3, 0.4) is 0 Å². The third-order valence-corrected chi connectivity index (χ3v) is 5.94. The van der Waals surface area contributed by atoms with E-state index in [2.05, 4.69) is 10.3 Å². The van der Waals surface area contributed by atoms with E-state index in [4.69, 9.17) is 11.6 Å². The first-order chi connectivity index (χ1) is 11.8. The Morgan fingerprint density at radius 3 is 2.52 bits per heavy atom. The number of anilines is 1. The van der Waals surface area contributed by atoms with Gasteiger partial charge in [-0.2, -0.15) is 0 Å². The molecule has 1 atom stereocenters. The number of thioether (sulfide) groups is 1. The Bertz CT molecular complexity index is 941. The fourth-order valence-corrected chi connectivity index (χ4v) is 4.13. The van der Waals surface area contributed by atoms with Gasteiger partial charge in [0, 0.05) is 17.7 Å². The van der Waals surface area contributed by atoms with Gasteiger partial charge in [-0.3, -0.25) is 9.79 Å². The number of hydrogen-bond acceptors (Lipinski definition) is 5. The maximum Gasteiger partial charge on any atom is 0.257 e. The maximum atomic E-state index is 12.4. The number of nitrogens with one attached hydrogen (secondary N) is 1. The lowest BCUT2D eigenvalue weighted by molar-refractivity contribution is 0.102. The number of sulfone groups is 1. The van der Waals surface area contributed by atoms with Crippen molar-refractivity contribution in [2.45, 2.75) is 10.9 Å². The van der Waals surface area contributed by atoms with E-state index < -0.39 is 15.7 Å². The summed E-state index contributed by atoms with van der Waals surface area (Å²) in [5.41, 5.74) is 3.79. The lowest BCUT2D eigenvalue weighted by atomic mass is 10.1. The fourth-order valence-electron chi connectivity index (χ4n) is 2.37. The molecule has 1 unspecified atom stereocenters. The number of halogens is 1. The zero-order valence-corrected chi connectivity index (χ0v) is 15.7. The van der Waals surface area contributed by atoms with Gasteiger partial charge in [-0.05, 0) is 35.9 Å². The molecule has 3 rings (SSSR count). The van der Waals surface area contributed by atoms with Crippen molar-refractivity contribution in [2.24, 2.45) is 4.99 Å². The minimum atomic E-state index is -3.37. The summed E-state index contributed by atoms with van der Waals surface area (Å²) >= 11 is 7.74. The van der Waals surface area contributed by atoms with Crippen LogP contribution < -0.4 is 5.32 Å². The summed E-state index contributed by atoms with van der Waals surface area (Å²) < 4.78 is 23.1. The molecule has 0 radical (unpaired) electrons. The van der Waals surface area contributed by atoms with E-state index in [-0.39, 0.29) is 21.5 Å². The Morgan fingerprint density at radius 2 is 1.96 bits per heavy atom. The van der Waals surface area contributed by atoms with Crippen LogP contribution in [0.1, 0.15) is 22.0 Å². The SMILES string of the molecule is CS(=O)(=O)c1ccc(C(=O)Nc2ccc(C3CSC=N3)cc2)c(Cl)c1. The highest BCUT2D eigenvalue weighted by atomic mass is 35.5. The summed E-state index contributed by atoms with van der Waals surface area (Å²) in [4.78, 5) is 16.8. The maximum absolute atomic E-state index is 12.4. The van der Waals surface area contributed by atoms with Crippen LogP contribution in [0.2, 0.25) is 5.02 Å². The number of rotatable bonds is 4. The molecular weight excluding hydrogens is 380 g/mol. The van der Waals surface area contributed by atoms with Gasteiger partial charge in [-0.15, -0.1) is 11.8 Å². The normalized spacial score (nSPS) is 16.8. The smallest absolute Gasteiger partial charge is 0.257 e. The highest BCUT2D eigenvalue weighted by Crippen LogP contribution is 2.28. The van der Waals surface area contributed by atoms with Crippen molar-refractivity contribution < 1.29 is 13.2 Å². The average molecular weight is 395 g/mol. The highest BCUT2D eigenvalue weighted by Gasteiger charge is 2.16. The van der Waals surface area contributed by atoms with E-state index in [1.807, 2.05) is 29.8 Å². The summed E-state index contributed by atoms with van der Waals surface area (Å²) in [6, 6.07) is 11.7. The Labute approximate surface area is 155 Å². The Morgan fingerprint density at radius 1 is 1.24 bits per heavy atom. The van der Waals surface area contributed by atoms with E-state index in [0.717, 1.165) is 17.6 Å². The summed E-state index contributed by atoms with van der Waals surface area (Å²) in [6.07, 6.45) is 1.09. The van der Waals surface area contributed by atoms with Crippen LogP contribution >= 0.6 is 23.4 Å². The van der Waals surface area contributed by atoms with Crippen molar-refractivity contribution in [3.05, 3.63) is 58.6 Å². The van der Waals surface area contributed by atoms with Gasteiger partial charge >= 0.3 is 0 Å². The lowest BCUT2D eigenvalue weighted by Crippen LogP contribution is -2.13. The monoisotopic (exact) mass is 394 g/mol. The molecular formula is C17H15ClN2O3S2. The standard InChI is InChI=1S/C17H15ClN2O3S2/c1-25(22,23)13-6-7-14(15(18)8-13)17(21)20-12-4-2-11(3-5-12)16-9-24-10-19-16/h2-8,10,16H,9H2,1H3,(H,20,21). The Balaban J connectivity index is 1.75. The van der Waals surface area contributed by atoms with Gasteiger partial charge in [0.15, 0.2) is 9.84 Å². The van der Waals surface area contributed by atoms with Gasteiger partial charge < -0.3 is 5.32 Å². The molecule has 0 saturated carbocycles. The number of amides is 1. The molecule has 0 aliphatic carbocycles. The molecule has 0 fully saturated rings. The van der Waals surface area contributed by atoms with Gasteiger partial charge in [0.1, 0.15) is 0 Å². The van der Waals surface area contributed by atoms with Gasteiger partial charge in [0.25, 0.3) is 5.91 Å². The van der Waals surface area contributed by atoms with E-state index in [1.54, 1.807) is 11.8 Å². The molecule has 1 amide bonds. The lowest BCUT2D eigenvalue weighted by Gasteiger charge is -2.10. The van der Waals surface area contributed by atoms with Crippen molar-refractivity contribution in [1.29, 1.82) is 0 Å². The fraction of sp³-hybridized carbons (Fsp3) is 0.176. The molecule has 2 aromatic carbocycles. The quantitative estimate of drug-likeness (QED) is 0.855. The predicted octanol–water partition coefficient (Wildman–Crippen LogP) is 3.81. The van der Waals surface area contributed by atoms with Crippen molar-refractivity contribution in [2.75, 3.05) is 17.3 Å². The van der Waals surface area contributed by atoms with Crippen LogP contribution in [0.5, 0.6) is 0 Å². The van der Waals surface area contributed by atoms with Crippen molar-refractivity contribution in [3.63, 3.8) is 0 Å². The first-order valence-corrected chi connectivity index (χ1v) is 10.7. The van der Waals surface area contributed by atoms with Crippen LogP contribution in [0, 0.1) is 0 Å². The number of hydrogen-bond donors (Lipinski definition) is 1. The molecule has 1 heterocycles. The average Bonchev–Trinajstić information content (AvgIpc) is 3.09. The summed E-state index contributed by atoms with van der Waals surface area (Å²) in [5.74, 6) is 0.529. The second kappa shape index (κ2) is 7.19. The summed E-state index contributed by atoms with van der Waals surface area (Å²) in [5, 5.41) is 2.85. The van der Waals surface area contributed by atoms with Crippen LogP contribution in [-0.2, 0) is 9.84 Å². The molecule has 0 spiro atoms. The van der Waals surface area contributed by atoms with Gasteiger partial charge in [0.2, 0.25) is 0 Å². The Hall–Kier alpha value is -1.83. The minimum absolute atomic E-state index is 0.0772. The molecule has 1 N–H and O–H groups in total. The first kappa shape index (κ1) is 18.0. The number of carbonyl (C=O) groups is 1. The molecule has 8 heteroatoms. The van der Waals surface area contributed by atoms with Crippen molar-refractivity contribution in [3.8, 4) is 0 Å². The molecule has 25 heavy (non-hydrogen) atoms. The van der Waals surface area contributed by atoms with Gasteiger partial charge in [0.05, 0.1) is 27.1 Å². The number of aliphatic imine (C=N–C) groups is 1. The summed E-state index contributed by atoms with van der Waals surface area (Å²) in [6.45, 7) is 0. The van der Waals surface area contributed by atoms with E-state index >= 15 is 0 Å². The summed E-state index contributed by atoms with van der Waals surface area (Å²) in [7, 11) is -3.37. The topological polar surface area (TPSA) is 75.6 Å². The van der Waals surface area contributed by atoms with Crippen LogP contribution in [0.25, 0.3) is 0 Å². The molecule has 0 saturated heterocycles. The molecule has 5 nitrogen and oxygen atoms in total.